The van der Waals surface area contributed by atoms with Crippen LogP contribution >= 0.6 is 0 Å². The first-order valence-corrected chi connectivity index (χ1v) is 5.29. The molecule has 0 saturated heterocycles. The van der Waals surface area contributed by atoms with Gasteiger partial charge in [0.1, 0.15) is 0 Å². The highest BCUT2D eigenvalue weighted by Crippen LogP contribution is 2.18. The maximum atomic E-state index is 12.1. The van der Waals surface area contributed by atoms with Gasteiger partial charge in [-0.25, -0.2) is 0 Å². The van der Waals surface area contributed by atoms with Crippen LogP contribution in [0.3, 0.4) is 0 Å². The molecule has 1 atom stereocenters. The van der Waals surface area contributed by atoms with Crippen LogP contribution in [-0.4, -0.2) is 42.4 Å². The maximum Gasteiger partial charge on any atom is 0.401 e. The first-order chi connectivity index (χ1) is 6.89. The summed E-state index contributed by atoms with van der Waals surface area (Å²) in [6.45, 7) is 3.28. The molecule has 92 valence electrons. The van der Waals surface area contributed by atoms with Crippen LogP contribution in [0.15, 0.2) is 0 Å². The van der Waals surface area contributed by atoms with E-state index < -0.39 is 12.7 Å². The van der Waals surface area contributed by atoms with Crippen LogP contribution in [0.4, 0.5) is 13.2 Å². The van der Waals surface area contributed by atoms with Crippen molar-refractivity contribution in [1.82, 2.24) is 4.90 Å². The smallest absolute Gasteiger partial charge is 0.395 e. The van der Waals surface area contributed by atoms with Crippen molar-refractivity contribution in [2.45, 2.75) is 32.9 Å². The zero-order chi connectivity index (χ0) is 11.9. The molecular weight excluding hydrogens is 207 g/mol. The predicted molar refractivity (Wildman–Crippen MR) is 53.7 cm³/mol. The van der Waals surface area contributed by atoms with E-state index in [0.717, 1.165) is 12.8 Å². The lowest BCUT2D eigenvalue weighted by atomic mass is 10.1. The Morgan fingerprint density at radius 3 is 2.33 bits per heavy atom. The van der Waals surface area contributed by atoms with Gasteiger partial charge in [0.25, 0.3) is 0 Å². The van der Waals surface area contributed by atoms with Crippen molar-refractivity contribution in [1.29, 1.82) is 0 Å². The lowest BCUT2D eigenvalue weighted by Crippen LogP contribution is -2.38. The highest BCUT2D eigenvalue weighted by atomic mass is 19.4. The standard InChI is InChI=1S/C10H20F3NO/c1-3-4-9(2)7-14(5-6-15)8-10(11,12)13/h9,15H,3-8H2,1-2H3. The summed E-state index contributed by atoms with van der Waals surface area (Å²) in [7, 11) is 0. The third-order valence-corrected chi connectivity index (χ3v) is 2.17. The van der Waals surface area contributed by atoms with Gasteiger partial charge in [-0.3, -0.25) is 4.90 Å². The van der Waals surface area contributed by atoms with Gasteiger partial charge in [-0.05, 0) is 12.3 Å². The molecule has 0 bridgehead atoms. The van der Waals surface area contributed by atoms with Crippen molar-refractivity contribution in [3.05, 3.63) is 0 Å². The van der Waals surface area contributed by atoms with Crippen LogP contribution in [0.1, 0.15) is 26.7 Å². The minimum Gasteiger partial charge on any atom is -0.395 e. The zero-order valence-corrected chi connectivity index (χ0v) is 9.35. The molecule has 1 N–H and O–H groups in total. The zero-order valence-electron chi connectivity index (χ0n) is 9.35. The fraction of sp³-hybridized carbons (Fsp3) is 1.00. The highest BCUT2D eigenvalue weighted by Gasteiger charge is 2.30. The Hall–Kier alpha value is -0.290. The van der Waals surface area contributed by atoms with Crippen LogP contribution in [0.5, 0.6) is 0 Å². The van der Waals surface area contributed by atoms with E-state index in [1.54, 1.807) is 0 Å². The third kappa shape index (κ3) is 8.69. The maximum absolute atomic E-state index is 12.1. The van der Waals surface area contributed by atoms with Gasteiger partial charge in [0, 0.05) is 13.1 Å². The minimum absolute atomic E-state index is 0.0908. The molecule has 1 unspecified atom stereocenters. The van der Waals surface area contributed by atoms with Crippen LogP contribution < -0.4 is 0 Å². The highest BCUT2D eigenvalue weighted by molar-refractivity contribution is 4.66. The van der Waals surface area contributed by atoms with E-state index in [-0.39, 0.29) is 19.1 Å². The summed E-state index contributed by atoms with van der Waals surface area (Å²) < 4.78 is 36.4. The fourth-order valence-electron chi connectivity index (χ4n) is 1.65. The van der Waals surface area contributed by atoms with Gasteiger partial charge in [0.2, 0.25) is 0 Å². The van der Waals surface area contributed by atoms with Gasteiger partial charge < -0.3 is 5.11 Å². The molecule has 5 heteroatoms. The average Bonchev–Trinajstić information content (AvgIpc) is 2.01. The molecule has 0 aromatic carbocycles. The number of halogens is 3. The van der Waals surface area contributed by atoms with Crippen LogP contribution in [0.2, 0.25) is 0 Å². The van der Waals surface area contributed by atoms with Crippen LogP contribution in [-0.2, 0) is 0 Å². The van der Waals surface area contributed by atoms with E-state index in [1.807, 2.05) is 13.8 Å². The molecule has 0 aliphatic rings. The topological polar surface area (TPSA) is 23.5 Å². The first kappa shape index (κ1) is 14.7. The van der Waals surface area contributed by atoms with E-state index in [2.05, 4.69) is 0 Å². The van der Waals surface area contributed by atoms with Crippen molar-refractivity contribution in [3.63, 3.8) is 0 Å². The monoisotopic (exact) mass is 227 g/mol. The summed E-state index contributed by atoms with van der Waals surface area (Å²) >= 11 is 0. The Morgan fingerprint density at radius 2 is 1.93 bits per heavy atom. The summed E-state index contributed by atoms with van der Waals surface area (Å²) in [5.74, 6) is 0.240. The van der Waals surface area contributed by atoms with Gasteiger partial charge in [0.15, 0.2) is 0 Å². The number of rotatable bonds is 7. The SMILES string of the molecule is CCCC(C)CN(CCO)CC(F)(F)F. The molecule has 0 aromatic heterocycles. The lowest BCUT2D eigenvalue weighted by Gasteiger charge is -2.25. The van der Waals surface area contributed by atoms with E-state index in [1.165, 1.54) is 4.90 Å². The van der Waals surface area contributed by atoms with E-state index >= 15 is 0 Å². The molecular formula is C10H20F3NO. The Kier molecular flexibility index (Phi) is 6.92. The Morgan fingerprint density at radius 1 is 1.33 bits per heavy atom. The second-order valence-corrected chi connectivity index (χ2v) is 3.97. The summed E-state index contributed by atoms with van der Waals surface area (Å²) in [6.07, 6.45) is -2.29. The van der Waals surface area contributed by atoms with Crippen molar-refractivity contribution in [2.75, 3.05) is 26.2 Å². The van der Waals surface area contributed by atoms with Crippen LogP contribution in [0, 0.1) is 5.92 Å². The summed E-state index contributed by atoms with van der Waals surface area (Å²) in [5, 5.41) is 8.67. The Bertz CT molecular complexity index is 161. The molecule has 0 aliphatic heterocycles. The number of hydrogen-bond donors (Lipinski definition) is 1. The van der Waals surface area contributed by atoms with Crippen molar-refractivity contribution in [3.8, 4) is 0 Å². The normalized spacial score (nSPS) is 14.6. The van der Waals surface area contributed by atoms with E-state index in [9.17, 15) is 13.2 Å². The quantitative estimate of drug-likeness (QED) is 0.721. The molecule has 2 nitrogen and oxygen atoms in total. The lowest BCUT2D eigenvalue weighted by molar-refractivity contribution is -0.147. The number of aliphatic hydroxyl groups is 1. The summed E-state index contributed by atoms with van der Waals surface area (Å²) in [5.41, 5.74) is 0. The second-order valence-electron chi connectivity index (χ2n) is 3.97. The molecule has 0 aliphatic carbocycles. The Balaban J connectivity index is 4.03. The molecule has 0 fully saturated rings. The molecule has 0 amide bonds. The number of nitrogens with zero attached hydrogens (tertiary/aromatic N) is 1. The molecule has 0 rings (SSSR count). The van der Waals surface area contributed by atoms with Gasteiger partial charge >= 0.3 is 6.18 Å². The van der Waals surface area contributed by atoms with Crippen molar-refractivity contribution >= 4 is 0 Å². The van der Waals surface area contributed by atoms with E-state index in [4.69, 9.17) is 5.11 Å². The summed E-state index contributed by atoms with van der Waals surface area (Å²) in [6, 6.07) is 0. The van der Waals surface area contributed by atoms with Crippen molar-refractivity contribution in [2.24, 2.45) is 5.92 Å². The van der Waals surface area contributed by atoms with Crippen LogP contribution in [0.25, 0.3) is 0 Å². The number of hydrogen-bond acceptors (Lipinski definition) is 2. The predicted octanol–water partition coefficient (Wildman–Crippen LogP) is 2.28. The molecule has 15 heavy (non-hydrogen) atoms. The van der Waals surface area contributed by atoms with E-state index in [0.29, 0.717) is 6.54 Å². The van der Waals surface area contributed by atoms with Crippen molar-refractivity contribution < 1.29 is 18.3 Å². The van der Waals surface area contributed by atoms with Gasteiger partial charge in [-0.2, -0.15) is 13.2 Å². The molecule has 0 saturated carbocycles. The minimum atomic E-state index is -4.18. The number of aliphatic hydroxyl groups excluding tert-OH is 1. The van der Waals surface area contributed by atoms with Gasteiger partial charge in [0.05, 0.1) is 13.2 Å². The first-order valence-electron chi connectivity index (χ1n) is 5.29. The molecule has 0 aromatic rings. The molecule has 0 radical (unpaired) electrons. The largest absolute Gasteiger partial charge is 0.401 e. The summed E-state index contributed by atoms with van der Waals surface area (Å²) in [4.78, 5) is 1.26. The second kappa shape index (κ2) is 7.06. The average molecular weight is 227 g/mol. The van der Waals surface area contributed by atoms with Gasteiger partial charge in [-0.1, -0.05) is 20.3 Å². The van der Waals surface area contributed by atoms with Gasteiger partial charge in [-0.15, -0.1) is 0 Å². The third-order valence-electron chi connectivity index (χ3n) is 2.17. The molecule has 0 heterocycles. The molecule has 0 spiro atoms. The fourth-order valence-corrected chi connectivity index (χ4v) is 1.65. The number of alkyl halides is 3. The Labute approximate surface area is 89.1 Å².